The van der Waals surface area contributed by atoms with E-state index in [0.29, 0.717) is 12.2 Å². The Morgan fingerprint density at radius 1 is 1.35 bits per heavy atom. The monoisotopic (exact) mass is 302 g/mol. The van der Waals surface area contributed by atoms with Crippen LogP contribution in [0.4, 0.5) is 0 Å². The van der Waals surface area contributed by atoms with Gasteiger partial charge in [-0.3, -0.25) is 4.90 Å². The number of hydrogen-bond donors (Lipinski definition) is 3. The van der Waals surface area contributed by atoms with Gasteiger partial charge in [0.2, 0.25) is 0 Å². The molecule has 5 nitrogen and oxygen atoms in total. The maximum absolute atomic E-state index is 10.1. The van der Waals surface area contributed by atoms with Gasteiger partial charge in [0, 0.05) is 38.8 Å². The van der Waals surface area contributed by atoms with E-state index in [9.17, 15) is 10.2 Å². The van der Waals surface area contributed by atoms with E-state index in [1.54, 1.807) is 19.2 Å². The van der Waals surface area contributed by atoms with Crippen LogP contribution in [-0.2, 0) is 0 Å². The molecule has 20 heavy (non-hydrogen) atoms. The first-order chi connectivity index (χ1) is 9.27. The van der Waals surface area contributed by atoms with Gasteiger partial charge in [-0.1, -0.05) is 6.07 Å². The molecule has 2 rings (SSSR count). The summed E-state index contributed by atoms with van der Waals surface area (Å²) in [7, 11) is 1.60. The Labute approximate surface area is 126 Å². The van der Waals surface area contributed by atoms with Crippen molar-refractivity contribution in [3.63, 3.8) is 0 Å². The highest BCUT2D eigenvalue weighted by Gasteiger charge is 2.26. The first kappa shape index (κ1) is 17.0. The number of phenols is 1. The third-order valence-electron chi connectivity index (χ3n) is 3.59. The number of phenolic OH excluding ortho intramolecular Hbond substituents is 1. The number of nitrogens with one attached hydrogen (secondary N) is 1. The van der Waals surface area contributed by atoms with Crippen molar-refractivity contribution < 1.29 is 14.9 Å². The van der Waals surface area contributed by atoms with Crippen LogP contribution in [-0.4, -0.2) is 55.0 Å². The zero-order chi connectivity index (χ0) is 13.7. The van der Waals surface area contributed by atoms with Crippen LogP contribution < -0.4 is 10.1 Å². The molecule has 1 aromatic rings. The highest BCUT2D eigenvalue weighted by atomic mass is 35.5. The number of rotatable bonds is 5. The first-order valence-electron chi connectivity index (χ1n) is 6.69. The lowest BCUT2D eigenvalue weighted by Crippen LogP contribution is -2.45. The fraction of sp³-hybridized carbons (Fsp3) is 0.571. The Kier molecular flexibility index (Phi) is 7.09. The molecule has 0 aromatic heterocycles. The van der Waals surface area contributed by atoms with Crippen molar-refractivity contribution in [1.29, 1.82) is 0 Å². The zero-order valence-corrected chi connectivity index (χ0v) is 12.5. The average molecular weight is 303 g/mol. The van der Waals surface area contributed by atoms with Crippen molar-refractivity contribution in [1.82, 2.24) is 10.2 Å². The normalized spacial score (nSPS) is 17.3. The first-order valence-corrected chi connectivity index (χ1v) is 6.69. The lowest BCUT2D eigenvalue weighted by Gasteiger charge is -2.35. The number of halogens is 1. The standard InChI is InChI=1S/C14H22N2O3.ClH/c1-19-13-4-2-3-12(18)14(13)11(5-10-17)16-8-6-15-7-9-16;/h2-4,11,15,17-18H,5-10H2,1H3;1H/t11-;/m0./s1. The number of benzene rings is 1. The Morgan fingerprint density at radius 2 is 2.05 bits per heavy atom. The summed E-state index contributed by atoms with van der Waals surface area (Å²) in [5.41, 5.74) is 0.779. The van der Waals surface area contributed by atoms with Crippen LogP contribution in [0.5, 0.6) is 11.5 Å². The van der Waals surface area contributed by atoms with Crippen LogP contribution in [0.15, 0.2) is 18.2 Å². The van der Waals surface area contributed by atoms with Gasteiger partial charge in [0.15, 0.2) is 0 Å². The number of hydrogen-bond acceptors (Lipinski definition) is 5. The topological polar surface area (TPSA) is 65.0 Å². The molecule has 1 saturated heterocycles. The number of piperazine rings is 1. The molecule has 1 aliphatic rings. The van der Waals surface area contributed by atoms with Gasteiger partial charge in [-0.15, -0.1) is 12.4 Å². The summed E-state index contributed by atoms with van der Waals surface area (Å²) in [6, 6.07) is 5.28. The SMILES string of the molecule is COc1cccc(O)c1[C@H](CCO)N1CCNCC1.Cl. The van der Waals surface area contributed by atoms with Crippen LogP contribution in [0, 0.1) is 0 Å². The second-order valence-corrected chi connectivity index (χ2v) is 4.71. The van der Waals surface area contributed by atoms with Crippen molar-refractivity contribution in [3.8, 4) is 11.5 Å². The summed E-state index contributed by atoms with van der Waals surface area (Å²) in [4.78, 5) is 2.28. The molecule has 0 bridgehead atoms. The Balaban J connectivity index is 0.00000200. The van der Waals surface area contributed by atoms with Crippen molar-refractivity contribution in [2.45, 2.75) is 12.5 Å². The second-order valence-electron chi connectivity index (χ2n) is 4.71. The number of aromatic hydroxyl groups is 1. The molecular formula is C14H23ClN2O3. The van der Waals surface area contributed by atoms with Gasteiger partial charge in [-0.05, 0) is 18.6 Å². The van der Waals surface area contributed by atoms with Gasteiger partial charge in [0.25, 0.3) is 0 Å². The zero-order valence-electron chi connectivity index (χ0n) is 11.7. The third kappa shape index (κ3) is 3.76. The van der Waals surface area contributed by atoms with Crippen LogP contribution >= 0.6 is 12.4 Å². The summed E-state index contributed by atoms with van der Waals surface area (Å²) in [5.74, 6) is 0.910. The lowest BCUT2D eigenvalue weighted by molar-refractivity contribution is 0.137. The van der Waals surface area contributed by atoms with Gasteiger partial charge < -0.3 is 20.3 Å². The van der Waals surface area contributed by atoms with E-state index >= 15 is 0 Å². The highest BCUT2D eigenvalue weighted by Crippen LogP contribution is 2.38. The van der Waals surface area contributed by atoms with Crippen molar-refractivity contribution in [2.24, 2.45) is 0 Å². The van der Waals surface area contributed by atoms with Gasteiger partial charge in [0.05, 0.1) is 12.7 Å². The van der Waals surface area contributed by atoms with E-state index in [2.05, 4.69) is 10.2 Å². The second kappa shape index (κ2) is 8.32. The molecule has 0 amide bonds. The minimum absolute atomic E-state index is 0. The average Bonchev–Trinajstić information content (AvgIpc) is 2.46. The number of aliphatic hydroxyl groups excluding tert-OH is 1. The van der Waals surface area contributed by atoms with Gasteiger partial charge in [-0.25, -0.2) is 0 Å². The molecule has 0 radical (unpaired) electrons. The Bertz CT molecular complexity index is 411. The molecule has 0 unspecified atom stereocenters. The van der Waals surface area contributed by atoms with E-state index in [1.807, 2.05) is 6.07 Å². The summed E-state index contributed by atoms with van der Waals surface area (Å²) in [6.07, 6.45) is 0.591. The predicted octanol–water partition coefficient (Wildman–Crippen LogP) is 1.15. The van der Waals surface area contributed by atoms with E-state index in [-0.39, 0.29) is 30.8 Å². The fourth-order valence-electron chi connectivity index (χ4n) is 2.67. The molecule has 0 saturated carbocycles. The predicted molar refractivity (Wildman–Crippen MR) is 80.8 cm³/mol. The van der Waals surface area contributed by atoms with E-state index in [4.69, 9.17) is 4.74 Å². The van der Waals surface area contributed by atoms with E-state index in [0.717, 1.165) is 31.7 Å². The van der Waals surface area contributed by atoms with Crippen LogP contribution in [0.2, 0.25) is 0 Å². The smallest absolute Gasteiger partial charge is 0.127 e. The number of aliphatic hydroxyl groups is 1. The van der Waals surface area contributed by atoms with Crippen LogP contribution in [0.3, 0.4) is 0 Å². The Hall–Kier alpha value is -1.01. The minimum Gasteiger partial charge on any atom is -0.507 e. The number of methoxy groups -OCH3 is 1. The molecule has 1 aliphatic heterocycles. The van der Waals surface area contributed by atoms with E-state index in [1.165, 1.54) is 0 Å². The highest BCUT2D eigenvalue weighted by molar-refractivity contribution is 5.85. The summed E-state index contributed by atoms with van der Waals surface area (Å²) in [5, 5.41) is 22.8. The quantitative estimate of drug-likeness (QED) is 0.761. The maximum atomic E-state index is 10.1. The minimum atomic E-state index is -0.0109. The number of ether oxygens (including phenoxy) is 1. The third-order valence-corrected chi connectivity index (χ3v) is 3.59. The lowest BCUT2D eigenvalue weighted by atomic mass is 9.99. The molecule has 1 heterocycles. The fourth-order valence-corrected chi connectivity index (χ4v) is 2.67. The molecule has 0 spiro atoms. The van der Waals surface area contributed by atoms with Crippen molar-refractivity contribution in [3.05, 3.63) is 23.8 Å². The molecule has 6 heteroatoms. The molecule has 114 valence electrons. The van der Waals surface area contributed by atoms with Crippen LogP contribution in [0.1, 0.15) is 18.0 Å². The van der Waals surface area contributed by atoms with Gasteiger partial charge >= 0.3 is 0 Å². The molecular weight excluding hydrogens is 280 g/mol. The van der Waals surface area contributed by atoms with E-state index < -0.39 is 0 Å². The molecule has 0 aliphatic carbocycles. The Morgan fingerprint density at radius 3 is 2.65 bits per heavy atom. The number of nitrogens with zero attached hydrogens (tertiary/aromatic N) is 1. The van der Waals surface area contributed by atoms with Gasteiger partial charge in [0.1, 0.15) is 11.5 Å². The maximum Gasteiger partial charge on any atom is 0.127 e. The molecule has 3 N–H and O–H groups in total. The van der Waals surface area contributed by atoms with Crippen molar-refractivity contribution in [2.75, 3.05) is 39.9 Å². The summed E-state index contributed by atoms with van der Waals surface area (Å²) >= 11 is 0. The van der Waals surface area contributed by atoms with Crippen molar-refractivity contribution >= 4 is 12.4 Å². The molecule has 1 aromatic carbocycles. The summed E-state index contributed by atoms with van der Waals surface area (Å²) in [6.45, 7) is 3.76. The largest absolute Gasteiger partial charge is 0.507 e. The summed E-state index contributed by atoms with van der Waals surface area (Å²) < 4.78 is 5.36. The van der Waals surface area contributed by atoms with Crippen LogP contribution in [0.25, 0.3) is 0 Å². The molecule has 1 atom stereocenters. The molecule has 1 fully saturated rings. The van der Waals surface area contributed by atoms with Gasteiger partial charge in [-0.2, -0.15) is 0 Å².